The molecule has 0 saturated heterocycles. The Kier molecular flexibility index (Phi) is 47.9. The van der Waals surface area contributed by atoms with Crippen LogP contribution in [-0.4, -0.2) is 37.2 Å². The van der Waals surface area contributed by atoms with Crippen molar-refractivity contribution in [1.29, 1.82) is 0 Å². The van der Waals surface area contributed by atoms with Crippen molar-refractivity contribution in [2.75, 3.05) is 13.2 Å². The van der Waals surface area contributed by atoms with Crippen LogP contribution in [0.5, 0.6) is 0 Å². The van der Waals surface area contributed by atoms with Gasteiger partial charge in [0.1, 0.15) is 13.2 Å². The molecule has 0 amide bonds. The molecule has 0 aliphatic carbocycles. The van der Waals surface area contributed by atoms with Crippen LogP contribution in [0.15, 0.2) is 72.9 Å². The van der Waals surface area contributed by atoms with E-state index >= 15 is 0 Å². The first-order valence-electron chi connectivity index (χ1n) is 25.9. The first-order chi connectivity index (χ1) is 30.5. The van der Waals surface area contributed by atoms with E-state index in [2.05, 4.69) is 87.6 Å². The smallest absolute Gasteiger partial charge is 0.306 e. The van der Waals surface area contributed by atoms with Crippen LogP contribution in [0, 0.1) is 0 Å². The normalized spacial score (nSPS) is 12.6. The second kappa shape index (κ2) is 50.5. The lowest BCUT2D eigenvalue weighted by Crippen LogP contribution is -2.30. The number of hydrogen-bond acceptors (Lipinski definition) is 6. The highest BCUT2D eigenvalue weighted by Gasteiger charge is 2.19. The van der Waals surface area contributed by atoms with E-state index in [1.165, 1.54) is 116 Å². The van der Waals surface area contributed by atoms with Gasteiger partial charge in [-0.1, -0.05) is 222 Å². The standard InChI is InChI=1S/C56H96O6/c1-4-7-10-13-16-19-22-25-28-29-32-34-37-40-43-46-49-55(58)61-52-53(62-56(59)50-47-44-41-38-35-31-27-24-21-18-15-12-9-6-3)51-60-54(57)48-45-42-39-36-33-30-26-23-20-17-14-11-8-5-2/h7,10,16,19,25,28,31-32,34-35,40,43,53H,4-6,8-9,11-15,17-18,20-24,26-27,29-30,33,36-39,41-42,44-52H2,1-3H3/b10-7-,19-16-,28-25-,34-32-,35-31-,43-40-. The van der Waals surface area contributed by atoms with Crippen LogP contribution >= 0.6 is 0 Å². The molecule has 0 aromatic heterocycles. The third kappa shape index (κ3) is 47.9. The van der Waals surface area contributed by atoms with E-state index in [-0.39, 0.29) is 37.5 Å². The van der Waals surface area contributed by atoms with Gasteiger partial charge in [-0.15, -0.1) is 0 Å². The van der Waals surface area contributed by atoms with Crippen molar-refractivity contribution in [1.82, 2.24) is 0 Å². The number of hydrogen-bond donors (Lipinski definition) is 0. The van der Waals surface area contributed by atoms with Crippen molar-refractivity contribution in [3.05, 3.63) is 72.9 Å². The fourth-order valence-corrected chi connectivity index (χ4v) is 7.07. The largest absolute Gasteiger partial charge is 0.462 e. The van der Waals surface area contributed by atoms with Gasteiger partial charge in [0.25, 0.3) is 0 Å². The molecule has 0 rings (SSSR count). The zero-order valence-electron chi connectivity index (χ0n) is 40.6. The molecule has 356 valence electrons. The molecule has 0 aromatic carbocycles. The number of carbonyl (C=O) groups excluding carboxylic acids is 3. The fraction of sp³-hybridized carbons (Fsp3) is 0.732. The van der Waals surface area contributed by atoms with Crippen molar-refractivity contribution < 1.29 is 28.6 Å². The Balaban J connectivity index is 4.50. The molecule has 0 heterocycles. The van der Waals surface area contributed by atoms with Gasteiger partial charge in [0, 0.05) is 19.3 Å². The topological polar surface area (TPSA) is 78.9 Å². The van der Waals surface area contributed by atoms with Crippen molar-refractivity contribution in [3.8, 4) is 0 Å². The van der Waals surface area contributed by atoms with Gasteiger partial charge >= 0.3 is 17.9 Å². The van der Waals surface area contributed by atoms with Gasteiger partial charge < -0.3 is 14.2 Å². The van der Waals surface area contributed by atoms with Crippen molar-refractivity contribution in [2.45, 2.75) is 252 Å². The fourth-order valence-electron chi connectivity index (χ4n) is 7.07. The second-order valence-electron chi connectivity index (χ2n) is 17.1. The summed E-state index contributed by atoms with van der Waals surface area (Å²) in [5.41, 5.74) is 0. The molecule has 0 fully saturated rings. The average molecular weight is 865 g/mol. The molecular formula is C56H96O6. The van der Waals surface area contributed by atoms with Gasteiger partial charge in [0.2, 0.25) is 0 Å². The van der Waals surface area contributed by atoms with Crippen LogP contribution in [0.2, 0.25) is 0 Å². The molecule has 0 aliphatic heterocycles. The Morgan fingerprint density at radius 2 is 0.661 bits per heavy atom. The Labute approximate surface area is 382 Å². The lowest BCUT2D eigenvalue weighted by atomic mass is 10.0. The summed E-state index contributed by atoms with van der Waals surface area (Å²) >= 11 is 0. The Hall–Kier alpha value is -3.15. The lowest BCUT2D eigenvalue weighted by Gasteiger charge is -2.18. The quantitative estimate of drug-likeness (QED) is 0.0262. The summed E-state index contributed by atoms with van der Waals surface area (Å²) in [5.74, 6) is -1.00. The molecule has 0 bridgehead atoms. The summed E-state index contributed by atoms with van der Waals surface area (Å²) in [4.78, 5) is 37.9. The van der Waals surface area contributed by atoms with Crippen LogP contribution < -0.4 is 0 Å². The Morgan fingerprint density at radius 3 is 1.10 bits per heavy atom. The zero-order chi connectivity index (χ0) is 45.1. The van der Waals surface area contributed by atoms with Crippen LogP contribution in [0.25, 0.3) is 0 Å². The molecule has 0 aliphatic rings. The minimum absolute atomic E-state index is 0.102. The number of carbonyl (C=O) groups is 3. The van der Waals surface area contributed by atoms with Gasteiger partial charge in [0.05, 0.1) is 0 Å². The Morgan fingerprint density at radius 1 is 0.339 bits per heavy atom. The van der Waals surface area contributed by atoms with Crippen molar-refractivity contribution in [3.63, 3.8) is 0 Å². The van der Waals surface area contributed by atoms with E-state index in [1.807, 2.05) is 6.08 Å². The summed E-state index contributed by atoms with van der Waals surface area (Å²) in [7, 11) is 0. The van der Waals surface area contributed by atoms with Crippen LogP contribution in [0.1, 0.15) is 245 Å². The number of ether oxygens (including phenoxy) is 3. The number of allylic oxidation sites excluding steroid dienone is 12. The molecule has 0 aromatic rings. The summed E-state index contributed by atoms with van der Waals surface area (Å²) in [6, 6.07) is 0. The Bertz CT molecular complexity index is 1180. The molecule has 0 saturated carbocycles. The third-order valence-corrected chi connectivity index (χ3v) is 11.0. The lowest BCUT2D eigenvalue weighted by molar-refractivity contribution is -0.166. The average Bonchev–Trinajstić information content (AvgIpc) is 3.27. The van der Waals surface area contributed by atoms with Crippen molar-refractivity contribution >= 4 is 17.9 Å². The van der Waals surface area contributed by atoms with Gasteiger partial charge in [-0.25, -0.2) is 0 Å². The van der Waals surface area contributed by atoms with Gasteiger partial charge in [-0.2, -0.15) is 0 Å². The summed E-state index contributed by atoms with van der Waals surface area (Å²) in [6.45, 7) is 6.45. The highest BCUT2D eigenvalue weighted by Crippen LogP contribution is 2.15. The third-order valence-electron chi connectivity index (χ3n) is 11.0. The van der Waals surface area contributed by atoms with Crippen LogP contribution in [0.4, 0.5) is 0 Å². The summed E-state index contributed by atoms with van der Waals surface area (Å²) < 4.78 is 16.7. The first kappa shape index (κ1) is 58.9. The maximum absolute atomic E-state index is 12.8. The number of rotatable bonds is 46. The van der Waals surface area contributed by atoms with E-state index in [9.17, 15) is 14.4 Å². The predicted octanol–water partition coefficient (Wildman–Crippen LogP) is 17.0. The minimum Gasteiger partial charge on any atom is -0.462 e. The van der Waals surface area contributed by atoms with E-state index in [1.54, 1.807) is 0 Å². The molecule has 0 radical (unpaired) electrons. The number of unbranched alkanes of at least 4 members (excludes halogenated alkanes) is 23. The van der Waals surface area contributed by atoms with E-state index < -0.39 is 6.10 Å². The SMILES string of the molecule is CC/C=C\C/C=C\C/C=C\C/C=C\C/C=C\CCC(=O)OCC(COC(=O)CCCCCCCCCCCCCCCC)OC(=O)CCCCC/C=C\CCCCCCCCC. The van der Waals surface area contributed by atoms with Crippen molar-refractivity contribution in [2.24, 2.45) is 0 Å². The first-order valence-corrected chi connectivity index (χ1v) is 25.9. The molecular weight excluding hydrogens is 769 g/mol. The monoisotopic (exact) mass is 865 g/mol. The maximum atomic E-state index is 12.8. The highest BCUT2D eigenvalue weighted by molar-refractivity contribution is 5.71. The van der Waals surface area contributed by atoms with E-state index in [0.29, 0.717) is 19.3 Å². The molecule has 0 spiro atoms. The molecule has 6 nitrogen and oxygen atoms in total. The molecule has 62 heavy (non-hydrogen) atoms. The minimum atomic E-state index is -0.810. The molecule has 0 N–H and O–H groups in total. The van der Waals surface area contributed by atoms with E-state index in [4.69, 9.17) is 14.2 Å². The second-order valence-corrected chi connectivity index (χ2v) is 17.1. The van der Waals surface area contributed by atoms with Crippen LogP contribution in [-0.2, 0) is 28.6 Å². The van der Waals surface area contributed by atoms with E-state index in [0.717, 1.165) is 83.5 Å². The highest BCUT2D eigenvalue weighted by atomic mass is 16.6. The molecule has 6 heteroatoms. The molecule has 1 atom stereocenters. The zero-order valence-corrected chi connectivity index (χ0v) is 40.6. The predicted molar refractivity (Wildman–Crippen MR) is 265 cm³/mol. The van der Waals surface area contributed by atoms with Crippen LogP contribution in [0.3, 0.4) is 0 Å². The van der Waals surface area contributed by atoms with Gasteiger partial charge in [-0.05, 0) is 77.0 Å². The van der Waals surface area contributed by atoms with Gasteiger partial charge in [0.15, 0.2) is 6.10 Å². The molecule has 1 unspecified atom stereocenters. The number of esters is 3. The summed E-state index contributed by atoms with van der Waals surface area (Å²) in [5, 5.41) is 0. The van der Waals surface area contributed by atoms with Gasteiger partial charge in [-0.3, -0.25) is 14.4 Å². The maximum Gasteiger partial charge on any atom is 0.306 e. The summed E-state index contributed by atoms with van der Waals surface area (Å²) in [6.07, 6.45) is 63.2.